The first kappa shape index (κ1) is 19.6. The molecule has 0 radical (unpaired) electrons. The zero-order valence-corrected chi connectivity index (χ0v) is 17.4. The van der Waals surface area contributed by atoms with E-state index in [1.54, 1.807) is 29.0 Å². The third-order valence-electron chi connectivity index (χ3n) is 6.01. The molecule has 0 spiro atoms. The summed E-state index contributed by atoms with van der Waals surface area (Å²) in [5.41, 5.74) is 2.17. The molecule has 150 valence electrons. The van der Waals surface area contributed by atoms with E-state index < -0.39 is 6.04 Å². The molecule has 3 amide bonds. The van der Waals surface area contributed by atoms with Crippen molar-refractivity contribution in [2.75, 3.05) is 39.8 Å². The molecule has 0 aromatic heterocycles. The Morgan fingerprint density at radius 1 is 1.14 bits per heavy atom. The average molecular weight is 424 g/mol. The van der Waals surface area contributed by atoms with Crippen molar-refractivity contribution in [2.24, 2.45) is 0 Å². The van der Waals surface area contributed by atoms with Gasteiger partial charge in [0.15, 0.2) is 0 Å². The standard InChI is InChI=1S/C20H24Cl2N4O2/c1-24-16-12-26(10-9-25-7-3-2-4-8-25)19(27)17(16)18(23-20(24)28)13-5-6-14(21)15(22)11-13/h5-6,11,18H,2-4,7-10,12H2,1H3,(H,23,28)/p+1/t18-/m0/s1. The molecule has 28 heavy (non-hydrogen) atoms. The minimum absolute atomic E-state index is 0.00525. The van der Waals surface area contributed by atoms with Crippen LogP contribution in [0.4, 0.5) is 4.79 Å². The van der Waals surface area contributed by atoms with Gasteiger partial charge in [-0.2, -0.15) is 0 Å². The van der Waals surface area contributed by atoms with Gasteiger partial charge in [0.05, 0.1) is 60.1 Å². The van der Waals surface area contributed by atoms with Gasteiger partial charge in [-0.25, -0.2) is 4.79 Å². The van der Waals surface area contributed by atoms with Crippen LogP contribution >= 0.6 is 23.2 Å². The Bertz CT molecular complexity index is 835. The number of urea groups is 1. The van der Waals surface area contributed by atoms with E-state index in [-0.39, 0.29) is 11.9 Å². The topological polar surface area (TPSA) is 57.1 Å². The molecule has 0 saturated carbocycles. The molecule has 3 aliphatic rings. The van der Waals surface area contributed by atoms with Crippen molar-refractivity contribution < 1.29 is 14.5 Å². The molecule has 1 atom stereocenters. The zero-order valence-electron chi connectivity index (χ0n) is 15.9. The van der Waals surface area contributed by atoms with E-state index in [0.717, 1.165) is 17.8 Å². The fourth-order valence-electron chi connectivity index (χ4n) is 4.34. The number of likely N-dealkylation sites (N-methyl/N-ethyl adjacent to an activating group) is 1. The number of carbonyl (C=O) groups excluding carboxylic acids is 2. The third-order valence-corrected chi connectivity index (χ3v) is 6.75. The fourth-order valence-corrected chi connectivity index (χ4v) is 4.65. The number of amides is 3. The molecule has 6 nitrogen and oxygen atoms in total. The average Bonchev–Trinajstić information content (AvgIpc) is 3.03. The number of carbonyl (C=O) groups is 2. The number of hydrogen-bond acceptors (Lipinski definition) is 2. The van der Waals surface area contributed by atoms with Crippen LogP contribution in [0.2, 0.25) is 10.0 Å². The quantitative estimate of drug-likeness (QED) is 0.776. The summed E-state index contributed by atoms with van der Waals surface area (Å²) >= 11 is 12.2. The summed E-state index contributed by atoms with van der Waals surface area (Å²) in [5.74, 6) is -0.00525. The summed E-state index contributed by atoms with van der Waals surface area (Å²) in [6.45, 7) is 4.50. The Labute approximate surface area is 175 Å². The second-order valence-corrected chi connectivity index (χ2v) is 8.58. The molecule has 3 heterocycles. The number of likely N-dealkylation sites (tertiary alicyclic amines) is 1. The highest BCUT2D eigenvalue weighted by molar-refractivity contribution is 6.42. The van der Waals surface area contributed by atoms with E-state index >= 15 is 0 Å². The summed E-state index contributed by atoms with van der Waals surface area (Å²) < 4.78 is 0. The van der Waals surface area contributed by atoms with Gasteiger partial charge in [0.25, 0.3) is 5.91 Å². The summed E-state index contributed by atoms with van der Waals surface area (Å²) in [7, 11) is 1.71. The largest absolute Gasteiger partial charge is 0.333 e. The molecule has 0 bridgehead atoms. The Morgan fingerprint density at radius 2 is 1.89 bits per heavy atom. The Morgan fingerprint density at radius 3 is 2.61 bits per heavy atom. The first-order valence-electron chi connectivity index (χ1n) is 9.80. The number of hydrogen-bond donors (Lipinski definition) is 2. The number of rotatable bonds is 4. The van der Waals surface area contributed by atoms with E-state index in [4.69, 9.17) is 23.2 Å². The second kappa shape index (κ2) is 7.93. The lowest BCUT2D eigenvalue weighted by molar-refractivity contribution is -0.904. The molecular formula is C20H25Cl2N4O2+. The zero-order chi connectivity index (χ0) is 19.8. The minimum atomic E-state index is -0.506. The molecule has 2 N–H and O–H groups in total. The third kappa shape index (κ3) is 3.61. The van der Waals surface area contributed by atoms with Crippen molar-refractivity contribution in [3.05, 3.63) is 45.1 Å². The van der Waals surface area contributed by atoms with Crippen LogP contribution in [-0.4, -0.2) is 61.5 Å². The van der Waals surface area contributed by atoms with Crippen LogP contribution in [0.5, 0.6) is 0 Å². The van der Waals surface area contributed by atoms with Gasteiger partial charge in [-0.05, 0) is 37.0 Å². The van der Waals surface area contributed by atoms with E-state index in [1.807, 2.05) is 11.0 Å². The van der Waals surface area contributed by atoms with E-state index in [1.165, 1.54) is 32.4 Å². The Kier molecular flexibility index (Phi) is 5.54. The lowest BCUT2D eigenvalue weighted by atomic mass is 9.96. The number of halogens is 2. The van der Waals surface area contributed by atoms with Gasteiger partial charge >= 0.3 is 6.03 Å². The van der Waals surface area contributed by atoms with Gasteiger partial charge in [-0.3, -0.25) is 9.69 Å². The van der Waals surface area contributed by atoms with E-state index in [9.17, 15) is 9.59 Å². The summed E-state index contributed by atoms with van der Waals surface area (Å²) in [6, 6.07) is 4.50. The smallest absolute Gasteiger partial charge is 0.322 e. The van der Waals surface area contributed by atoms with Crippen molar-refractivity contribution in [2.45, 2.75) is 25.3 Å². The van der Waals surface area contributed by atoms with Crippen LogP contribution in [0.25, 0.3) is 0 Å². The van der Waals surface area contributed by atoms with Crippen LogP contribution in [-0.2, 0) is 4.79 Å². The molecule has 0 aliphatic carbocycles. The first-order chi connectivity index (χ1) is 13.5. The SMILES string of the molecule is CN1C(=O)N[C@@H](c2ccc(Cl)c(Cl)c2)C2=C1CN(CC[NH+]1CCCCC1)C2=O. The maximum Gasteiger partial charge on any atom is 0.322 e. The first-order valence-corrected chi connectivity index (χ1v) is 10.6. The fraction of sp³-hybridized carbons (Fsp3) is 0.500. The molecule has 1 aromatic carbocycles. The van der Waals surface area contributed by atoms with Crippen molar-refractivity contribution in [3.8, 4) is 0 Å². The van der Waals surface area contributed by atoms with E-state index in [0.29, 0.717) is 28.7 Å². The maximum atomic E-state index is 13.2. The maximum absolute atomic E-state index is 13.2. The predicted molar refractivity (Wildman–Crippen MR) is 109 cm³/mol. The highest BCUT2D eigenvalue weighted by Gasteiger charge is 2.43. The van der Waals surface area contributed by atoms with Crippen molar-refractivity contribution >= 4 is 35.1 Å². The van der Waals surface area contributed by atoms with Crippen molar-refractivity contribution in [1.29, 1.82) is 0 Å². The molecule has 1 aromatic rings. The predicted octanol–water partition coefficient (Wildman–Crippen LogP) is 1.85. The van der Waals surface area contributed by atoms with Gasteiger partial charge in [-0.15, -0.1) is 0 Å². The summed E-state index contributed by atoms with van der Waals surface area (Å²) in [4.78, 5) is 30.7. The van der Waals surface area contributed by atoms with Gasteiger partial charge in [0.2, 0.25) is 0 Å². The molecule has 1 saturated heterocycles. The normalized spacial score (nSPS) is 23.3. The second-order valence-electron chi connectivity index (χ2n) is 7.76. The van der Waals surface area contributed by atoms with Gasteiger partial charge in [0, 0.05) is 7.05 Å². The number of piperidine rings is 1. The van der Waals surface area contributed by atoms with Gasteiger partial charge in [-0.1, -0.05) is 29.3 Å². The molecule has 8 heteroatoms. The van der Waals surface area contributed by atoms with Gasteiger partial charge in [0.1, 0.15) is 0 Å². The lowest BCUT2D eigenvalue weighted by Crippen LogP contribution is -3.13. The highest BCUT2D eigenvalue weighted by Crippen LogP contribution is 2.37. The monoisotopic (exact) mass is 423 g/mol. The molecule has 0 unspecified atom stereocenters. The van der Waals surface area contributed by atoms with Crippen molar-refractivity contribution in [3.63, 3.8) is 0 Å². The van der Waals surface area contributed by atoms with Crippen LogP contribution in [0.3, 0.4) is 0 Å². The number of quaternary nitrogens is 1. The Hall–Kier alpha value is -1.76. The molecule has 1 fully saturated rings. The summed E-state index contributed by atoms with van der Waals surface area (Å²) in [5, 5.41) is 3.79. The number of benzene rings is 1. The lowest BCUT2D eigenvalue weighted by Gasteiger charge is -2.31. The number of nitrogens with zero attached hydrogens (tertiary/aromatic N) is 2. The molecular weight excluding hydrogens is 399 g/mol. The molecule has 4 rings (SSSR count). The number of nitrogens with one attached hydrogen (secondary N) is 2. The van der Waals surface area contributed by atoms with Gasteiger partial charge < -0.3 is 15.1 Å². The minimum Gasteiger partial charge on any atom is -0.333 e. The summed E-state index contributed by atoms with van der Waals surface area (Å²) in [6.07, 6.45) is 3.84. The van der Waals surface area contributed by atoms with Crippen molar-refractivity contribution in [1.82, 2.24) is 15.1 Å². The van der Waals surface area contributed by atoms with Crippen LogP contribution in [0.1, 0.15) is 30.9 Å². The molecule has 3 aliphatic heterocycles. The van der Waals surface area contributed by atoms with Crippen LogP contribution in [0, 0.1) is 0 Å². The van der Waals surface area contributed by atoms with Crippen LogP contribution < -0.4 is 10.2 Å². The highest BCUT2D eigenvalue weighted by atomic mass is 35.5. The van der Waals surface area contributed by atoms with E-state index in [2.05, 4.69) is 5.32 Å². The Balaban J connectivity index is 1.56. The van der Waals surface area contributed by atoms with Crippen LogP contribution in [0.15, 0.2) is 29.5 Å².